The van der Waals surface area contributed by atoms with Crippen LogP contribution in [0.2, 0.25) is 0 Å². The fourth-order valence-corrected chi connectivity index (χ4v) is 5.57. The first-order valence-corrected chi connectivity index (χ1v) is 12.4. The average Bonchev–Trinajstić information content (AvgIpc) is 3.52. The van der Waals surface area contributed by atoms with Gasteiger partial charge in [-0.2, -0.15) is 4.52 Å². The van der Waals surface area contributed by atoms with Gasteiger partial charge >= 0.3 is 0 Å². The molecule has 9 heteroatoms. The van der Waals surface area contributed by atoms with Gasteiger partial charge in [0.1, 0.15) is 11.5 Å². The molecule has 32 heavy (non-hydrogen) atoms. The topological polar surface area (TPSA) is 65.8 Å². The minimum absolute atomic E-state index is 0.240. The monoisotopic (exact) mass is 456 g/mol. The van der Waals surface area contributed by atoms with E-state index >= 15 is 0 Å². The van der Waals surface area contributed by atoms with E-state index in [2.05, 4.69) is 10.2 Å². The number of hydrogen-bond donors (Lipinski definition) is 1. The highest BCUT2D eigenvalue weighted by atomic mass is 32.1. The number of nitrogens with one attached hydrogen (secondary N) is 1. The van der Waals surface area contributed by atoms with E-state index in [4.69, 9.17) is 10.1 Å². The van der Waals surface area contributed by atoms with Crippen LogP contribution in [0.25, 0.3) is 16.2 Å². The summed E-state index contributed by atoms with van der Waals surface area (Å²) in [6.45, 7) is 5.03. The molecule has 0 spiro atoms. The highest BCUT2D eigenvalue weighted by Gasteiger charge is 2.26. The van der Waals surface area contributed by atoms with Crippen LogP contribution in [0.5, 0.6) is 0 Å². The normalized spacial score (nSPS) is 17.4. The van der Waals surface area contributed by atoms with Gasteiger partial charge in [0.25, 0.3) is 0 Å². The first kappa shape index (κ1) is 21.2. The van der Waals surface area contributed by atoms with E-state index in [1.54, 1.807) is 17.4 Å². The quantitative estimate of drug-likeness (QED) is 0.596. The Morgan fingerprint density at radius 3 is 2.72 bits per heavy atom. The smallest absolute Gasteiger partial charge is 0.222 e. The van der Waals surface area contributed by atoms with E-state index in [1.807, 2.05) is 22.4 Å². The molecule has 170 valence electrons. The molecule has 2 aliphatic rings. The van der Waals surface area contributed by atoms with Gasteiger partial charge in [-0.1, -0.05) is 43.2 Å². The lowest BCUT2D eigenvalue weighted by Gasteiger charge is -2.34. The highest BCUT2D eigenvalue weighted by Crippen LogP contribution is 2.35. The third kappa shape index (κ3) is 4.18. The van der Waals surface area contributed by atoms with Crippen LogP contribution in [-0.2, 0) is 4.79 Å². The Kier molecular flexibility index (Phi) is 5.99. The number of amides is 1. The predicted molar refractivity (Wildman–Crippen MR) is 126 cm³/mol. The molecule has 1 aromatic carbocycles. The molecule has 0 bridgehead atoms. The average molecular weight is 457 g/mol. The van der Waals surface area contributed by atoms with E-state index in [-0.39, 0.29) is 11.7 Å². The molecular weight excluding hydrogens is 427 g/mol. The number of carbonyl (C=O) groups excluding carboxylic acids is 1. The lowest BCUT2D eigenvalue weighted by molar-refractivity contribution is -0.131. The number of anilines is 2. The zero-order chi connectivity index (χ0) is 22.1. The Bertz CT molecular complexity index is 1100. The first-order chi connectivity index (χ1) is 15.6. The van der Waals surface area contributed by atoms with Crippen molar-refractivity contribution in [3.8, 4) is 11.3 Å². The lowest BCUT2D eigenvalue weighted by Crippen LogP contribution is -2.48. The van der Waals surface area contributed by atoms with E-state index < -0.39 is 0 Å². The third-order valence-electron chi connectivity index (χ3n) is 6.35. The second-order valence-corrected chi connectivity index (χ2v) is 9.58. The summed E-state index contributed by atoms with van der Waals surface area (Å²) in [5.41, 5.74) is 1.50. The van der Waals surface area contributed by atoms with Gasteiger partial charge in [-0.05, 0) is 31.4 Å². The summed E-state index contributed by atoms with van der Waals surface area (Å²) in [6, 6.07) is 6.98. The van der Waals surface area contributed by atoms with Crippen molar-refractivity contribution in [3.63, 3.8) is 0 Å². The number of aromatic nitrogens is 3. The Labute approximate surface area is 191 Å². The number of carbonyl (C=O) groups is 1. The maximum Gasteiger partial charge on any atom is 0.222 e. The van der Waals surface area contributed by atoms with Crippen LogP contribution < -0.4 is 10.2 Å². The van der Waals surface area contributed by atoms with Gasteiger partial charge in [-0.15, -0.1) is 5.10 Å². The van der Waals surface area contributed by atoms with Crippen molar-refractivity contribution in [1.29, 1.82) is 0 Å². The number of nitrogens with zero attached hydrogens (tertiary/aromatic N) is 5. The molecule has 1 aliphatic heterocycles. The minimum Gasteiger partial charge on any atom is -0.365 e. The lowest BCUT2D eigenvalue weighted by atomic mass is 10.1. The van der Waals surface area contributed by atoms with Crippen LogP contribution in [0, 0.1) is 5.82 Å². The zero-order valence-electron chi connectivity index (χ0n) is 18.4. The Morgan fingerprint density at radius 2 is 2.00 bits per heavy atom. The van der Waals surface area contributed by atoms with E-state index in [0.29, 0.717) is 12.5 Å². The molecule has 0 atom stereocenters. The molecule has 0 radical (unpaired) electrons. The van der Waals surface area contributed by atoms with E-state index in [0.717, 1.165) is 72.6 Å². The Morgan fingerprint density at radius 1 is 1.22 bits per heavy atom. The van der Waals surface area contributed by atoms with Gasteiger partial charge in [0, 0.05) is 44.2 Å². The van der Waals surface area contributed by atoms with Crippen LogP contribution in [-0.4, -0.2) is 57.6 Å². The Balaban J connectivity index is 1.42. The number of halogens is 1. The summed E-state index contributed by atoms with van der Waals surface area (Å²) in [7, 11) is 0. The molecule has 1 aliphatic carbocycles. The van der Waals surface area contributed by atoms with Crippen molar-refractivity contribution in [3.05, 3.63) is 30.1 Å². The minimum atomic E-state index is -0.269. The van der Waals surface area contributed by atoms with Gasteiger partial charge in [-0.3, -0.25) is 4.79 Å². The van der Waals surface area contributed by atoms with Crippen molar-refractivity contribution in [2.45, 2.75) is 51.5 Å². The van der Waals surface area contributed by atoms with Gasteiger partial charge in [0.15, 0.2) is 5.82 Å². The number of rotatable bonds is 6. The Hall–Kier alpha value is -2.68. The SMILES string of the molecule is CCCC(=O)N1CCN(c2nn3c(NC4CCCC4)c(-c4cccc(F)c4)nc3s2)CC1. The molecule has 1 saturated carbocycles. The van der Waals surface area contributed by atoms with Crippen LogP contribution in [0.1, 0.15) is 45.4 Å². The van der Waals surface area contributed by atoms with E-state index in [1.165, 1.54) is 25.0 Å². The molecule has 1 saturated heterocycles. The number of fused-ring (bicyclic) bond motifs is 1. The highest BCUT2D eigenvalue weighted by molar-refractivity contribution is 7.20. The second-order valence-electron chi connectivity index (χ2n) is 8.64. The van der Waals surface area contributed by atoms with Gasteiger partial charge < -0.3 is 15.1 Å². The summed E-state index contributed by atoms with van der Waals surface area (Å²) in [6.07, 6.45) is 6.19. The summed E-state index contributed by atoms with van der Waals surface area (Å²) in [5.74, 6) is 0.815. The van der Waals surface area contributed by atoms with Crippen molar-refractivity contribution < 1.29 is 9.18 Å². The number of imidazole rings is 1. The van der Waals surface area contributed by atoms with Crippen molar-refractivity contribution in [1.82, 2.24) is 19.5 Å². The summed E-state index contributed by atoms with van der Waals surface area (Å²) in [5, 5.41) is 9.46. The van der Waals surface area contributed by atoms with E-state index in [9.17, 15) is 9.18 Å². The number of benzene rings is 1. The molecular formula is C23H29FN6OS. The third-order valence-corrected chi connectivity index (χ3v) is 7.32. The first-order valence-electron chi connectivity index (χ1n) is 11.6. The van der Waals surface area contributed by atoms with Gasteiger partial charge in [-0.25, -0.2) is 9.37 Å². The number of piperazine rings is 1. The van der Waals surface area contributed by atoms with Gasteiger partial charge in [0.05, 0.1) is 0 Å². The van der Waals surface area contributed by atoms with Gasteiger partial charge in [0.2, 0.25) is 16.0 Å². The second kappa shape index (κ2) is 9.05. The maximum atomic E-state index is 13.9. The molecule has 2 aromatic heterocycles. The standard InChI is InChI=1S/C23H29FN6OS/c1-2-6-19(31)28-11-13-29(14-12-28)23-27-30-21(25-18-9-3-4-10-18)20(26-22(30)32-23)16-7-5-8-17(24)15-16/h5,7-8,15,18,25H,2-4,6,9-14H2,1H3. The van der Waals surface area contributed by atoms with Crippen molar-refractivity contribution in [2.24, 2.45) is 0 Å². The number of hydrogen-bond acceptors (Lipinski definition) is 6. The summed E-state index contributed by atoms with van der Waals surface area (Å²) in [4.78, 5) is 22.0. The molecule has 5 rings (SSSR count). The molecule has 1 N–H and O–H groups in total. The molecule has 0 unspecified atom stereocenters. The maximum absolute atomic E-state index is 13.9. The van der Waals surface area contributed by atoms with Crippen molar-refractivity contribution in [2.75, 3.05) is 36.4 Å². The molecule has 3 aromatic rings. The van der Waals surface area contributed by atoms with Crippen molar-refractivity contribution >= 4 is 33.2 Å². The molecule has 7 nitrogen and oxygen atoms in total. The molecule has 2 fully saturated rings. The fourth-order valence-electron chi connectivity index (χ4n) is 4.62. The fraction of sp³-hybridized carbons (Fsp3) is 0.522. The van der Waals surface area contributed by atoms with Crippen LogP contribution >= 0.6 is 11.3 Å². The largest absolute Gasteiger partial charge is 0.365 e. The summed E-state index contributed by atoms with van der Waals surface area (Å²) >= 11 is 1.54. The molecule has 3 heterocycles. The molecule has 1 amide bonds. The predicted octanol–water partition coefficient (Wildman–Crippen LogP) is 4.40. The van der Waals surface area contributed by atoms with Crippen LogP contribution in [0.15, 0.2) is 24.3 Å². The zero-order valence-corrected chi connectivity index (χ0v) is 19.2. The van der Waals surface area contributed by atoms with Crippen LogP contribution in [0.4, 0.5) is 15.3 Å². The summed E-state index contributed by atoms with van der Waals surface area (Å²) < 4.78 is 15.8. The van der Waals surface area contributed by atoms with Crippen LogP contribution in [0.3, 0.4) is 0 Å².